The first-order valence-corrected chi connectivity index (χ1v) is 24.8. The lowest BCUT2D eigenvalue weighted by molar-refractivity contribution is -0.870. The molecule has 0 heterocycles. The minimum atomic E-state index is -4.41. The van der Waals surface area contributed by atoms with Gasteiger partial charge >= 0.3 is 19.8 Å². The van der Waals surface area contributed by atoms with Gasteiger partial charge in [0.15, 0.2) is 6.10 Å². The first-order chi connectivity index (χ1) is 30.0. The summed E-state index contributed by atoms with van der Waals surface area (Å²) in [5, 5.41) is 0. The molecule has 0 aromatic rings. The summed E-state index contributed by atoms with van der Waals surface area (Å²) in [4.78, 5) is 35.4. The minimum absolute atomic E-state index is 0.00622. The van der Waals surface area contributed by atoms with Crippen LogP contribution in [-0.2, 0) is 32.7 Å². The summed E-state index contributed by atoms with van der Waals surface area (Å²) in [6, 6.07) is 0. The zero-order chi connectivity index (χ0) is 45.7. The Hall–Kier alpha value is -3.59. The Labute approximate surface area is 378 Å². The van der Waals surface area contributed by atoms with Gasteiger partial charge in [-0.05, 0) is 96.3 Å². The van der Waals surface area contributed by atoms with Crippen LogP contribution in [0, 0.1) is 0 Å². The molecule has 0 aromatic heterocycles. The average molecular weight is 883 g/mol. The first kappa shape index (κ1) is 58.4. The lowest BCUT2D eigenvalue weighted by atomic mass is 10.1. The van der Waals surface area contributed by atoms with E-state index < -0.39 is 32.5 Å². The predicted octanol–water partition coefficient (Wildman–Crippen LogP) is 13.7. The highest BCUT2D eigenvalue weighted by molar-refractivity contribution is 7.47. The number of phosphoric ester groups is 1. The van der Waals surface area contributed by atoms with Crippen molar-refractivity contribution in [2.45, 2.75) is 148 Å². The molecule has 62 heavy (non-hydrogen) atoms. The van der Waals surface area contributed by atoms with Crippen molar-refractivity contribution in [3.05, 3.63) is 122 Å². The maximum Gasteiger partial charge on any atom is 0.472 e. The summed E-state index contributed by atoms with van der Waals surface area (Å²) in [5.74, 6) is -0.946. The van der Waals surface area contributed by atoms with Crippen LogP contribution in [0.15, 0.2) is 122 Å². The van der Waals surface area contributed by atoms with Gasteiger partial charge < -0.3 is 18.9 Å². The summed E-state index contributed by atoms with van der Waals surface area (Å²) in [6.45, 7) is 4.12. The number of hydrogen-bond acceptors (Lipinski definition) is 7. The van der Waals surface area contributed by atoms with E-state index in [4.69, 9.17) is 18.5 Å². The molecule has 350 valence electrons. The third-order valence-electron chi connectivity index (χ3n) is 8.99. The Morgan fingerprint density at radius 1 is 0.516 bits per heavy atom. The zero-order valence-corrected chi connectivity index (χ0v) is 40.2. The van der Waals surface area contributed by atoms with E-state index in [1.165, 1.54) is 25.7 Å². The van der Waals surface area contributed by atoms with Crippen LogP contribution in [0.3, 0.4) is 0 Å². The topological polar surface area (TPSA) is 108 Å². The van der Waals surface area contributed by atoms with Gasteiger partial charge in [-0.2, -0.15) is 0 Å². The number of ether oxygens (including phenoxy) is 2. The number of phosphoric acid groups is 1. The second-order valence-electron chi connectivity index (χ2n) is 16.0. The molecule has 2 atom stereocenters. The molecule has 0 amide bonds. The number of quaternary nitrogens is 1. The number of nitrogens with zero attached hydrogens (tertiary/aromatic N) is 1. The third-order valence-corrected chi connectivity index (χ3v) is 9.97. The van der Waals surface area contributed by atoms with Gasteiger partial charge in [0.05, 0.1) is 27.7 Å². The number of carbonyl (C=O) groups excluding carboxylic acids is 2. The second kappa shape index (κ2) is 42.7. The quantitative estimate of drug-likeness (QED) is 0.0213. The largest absolute Gasteiger partial charge is 0.472 e. The van der Waals surface area contributed by atoms with Gasteiger partial charge in [0.1, 0.15) is 19.8 Å². The molecule has 0 saturated carbocycles. The molecule has 0 aliphatic rings. The van der Waals surface area contributed by atoms with Gasteiger partial charge in [0.25, 0.3) is 0 Å². The summed E-state index contributed by atoms with van der Waals surface area (Å²) >= 11 is 0. The number of likely N-dealkylation sites (N-methyl/N-ethyl adjacent to an activating group) is 1. The van der Waals surface area contributed by atoms with Crippen LogP contribution in [0.1, 0.15) is 142 Å². The zero-order valence-electron chi connectivity index (χ0n) is 39.3. The van der Waals surface area contributed by atoms with Crippen LogP contribution in [0.2, 0.25) is 0 Å². The Bertz CT molecular complexity index is 1460. The van der Waals surface area contributed by atoms with Gasteiger partial charge in [-0.1, -0.05) is 155 Å². The van der Waals surface area contributed by atoms with Gasteiger partial charge in [-0.25, -0.2) is 4.57 Å². The molecule has 0 fully saturated rings. The Morgan fingerprint density at radius 2 is 0.952 bits per heavy atom. The fourth-order valence-corrected chi connectivity index (χ4v) is 6.12. The van der Waals surface area contributed by atoms with E-state index in [9.17, 15) is 19.0 Å². The van der Waals surface area contributed by atoms with E-state index >= 15 is 0 Å². The van der Waals surface area contributed by atoms with Crippen LogP contribution in [0.5, 0.6) is 0 Å². The van der Waals surface area contributed by atoms with Crippen molar-refractivity contribution < 1.29 is 42.1 Å². The molecule has 10 heteroatoms. The molecule has 1 N–H and O–H groups in total. The van der Waals surface area contributed by atoms with E-state index in [2.05, 4.69) is 123 Å². The molecule has 9 nitrogen and oxygen atoms in total. The summed E-state index contributed by atoms with van der Waals surface area (Å²) in [5.41, 5.74) is 0. The molecule has 0 rings (SSSR count). The smallest absolute Gasteiger partial charge is 0.462 e. The van der Waals surface area contributed by atoms with Crippen molar-refractivity contribution in [2.24, 2.45) is 0 Å². The molecular weight excluding hydrogens is 798 g/mol. The average Bonchev–Trinajstić information content (AvgIpc) is 3.23. The number of hydrogen-bond donors (Lipinski definition) is 1. The Balaban J connectivity index is 4.54. The Kier molecular flexibility index (Phi) is 40.2. The number of carbonyl (C=O) groups is 2. The molecule has 1 unspecified atom stereocenters. The van der Waals surface area contributed by atoms with E-state index in [-0.39, 0.29) is 26.1 Å². The first-order valence-electron chi connectivity index (χ1n) is 23.3. The van der Waals surface area contributed by atoms with Crippen molar-refractivity contribution in [1.82, 2.24) is 0 Å². The number of rotatable bonds is 40. The normalized spacial score (nSPS) is 14.6. The molecule has 0 bridgehead atoms. The number of esters is 2. The molecule has 0 spiro atoms. The highest BCUT2D eigenvalue weighted by atomic mass is 31.2. The van der Waals surface area contributed by atoms with Crippen LogP contribution in [0.4, 0.5) is 0 Å². The predicted molar refractivity (Wildman–Crippen MR) is 261 cm³/mol. The van der Waals surface area contributed by atoms with Crippen molar-refractivity contribution in [3.8, 4) is 0 Å². The highest BCUT2D eigenvalue weighted by Crippen LogP contribution is 2.43. The second-order valence-corrected chi connectivity index (χ2v) is 17.5. The Morgan fingerprint density at radius 3 is 1.40 bits per heavy atom. The highest BCUT2D eigenvalue weighted by Gasteiger charge is 2.27. The monoisotopic (exact) mass is 883 g/mol. The molecule has 0 saturated heterocycles. The van der Waals surface area contributed by atoms with Gasteiger partial charge in [-0.3, -0.25) is 18.6 Å². The fourth-order valence-electron chi connectivity index (χ4n) is 5.37. The summed E-state index contributed by atoms with van der Waals surface area (Å²) < 4.78 is 34.2. The molecular formula is C52H85NO8P+. The van der Waals surface area contributed by atoms with Gasteiger partial charge in [-0.15, -0.1) is 0 Å². The third kappa shape index (κ3) is 45.9. The SMILES string of the molecule is CC/C=C/C/C=C/C/C=C/C/C=C/C/C=C/CCCCCC(=O)O[C@H](COC(=O)CC/C=C/C/C=C/C/C=C/C/C=C/C/C=C/CCCCC)COP(=O)(O)OCC[N+](C)(C)C. The van der Waals surface area contributed by atoms with Crippen molar-refractivity contribution in [2.75, 3.05) is 47.5 Å². The maximum absolute atomic E-state index is 12.7. The standard InChI is InChI=1S/C52H84NO8P/c1-6-8-10-12-14-16-18-20-22-24-26-28-30-32-34-36-38-40-42-44-51(54)58-48-50(49-60-62(56,57)59-47-46-53(3,4)5)61-52(55)45-43-41-39-37-35-33-31-29-27-25-23-21-19-17-15-13-11-9-7-2/h9,11,14-17,20-23,26-29,32-35,38,40,50H,6-8,10,12-13,18-19,24-25,30-31,36-37,39,41-49H2,1-5H3/p+1/b11-9+,16-14+,17-15+,22-20+,23-21+,28-26+,29-27+,34-32+,35-33+,40-38+/t50-/m1/s1. The van der Waals surface area contributed by atoms with E-state index in [1.54, 1.807) is 0 Å². The molecule has 0 aromatic carbocycles. The van der Waals surface area contributed by atoms with Gasteiger partial charge in [0.2, 0.25) is 0 Å². The maximum atomic E-state index is 12.7. The van der Waals surface area contributed by atoms with Crippen molar-refractivity contribution >= 4 is 19.8 Å². The van der Waals surface area contributed by atoms with Crippen LogP contribution in [-0.4, -0.2) is 74.9 Å². The van der Waals surface area contributed by atoms with E-state index in [1.807, 2.05) is 33.3 Å². The van der Waals surface area contributed by atoms with Crippen molar-refractivity contribution in [1.29, 1.82) is 0 Å². The fraction of sp³-hybridized carbons (Fsp3) is 0.577. The summed E-state index contributed by atoms with van der Waals surface area (Å²) in [7, 11) is 1.39. The number of allylic oxidation sites excluding steroid dienone is 20. The van der Waals surface area contributed by atoms with Crippen LogP contribution >= 0.6 is 7.82 Å². The van der Waals surface area contributed by atoms with Crippen LogP contribution in [0.25, 0.3) is 0 Å². The number of unbranched alkanes of at least 4 members (excludes halogenated alkanes) is 6. The molecule has 0 aliphatic heterocycles. The molecule has 0 radical (unpaired) electrons. The lowest BCUT2D eigenvalue weighted by Crippen LogP contribution is -2.37. The van der Waals surface area contributed by atoms with Crippen molar-refractivity contribution in [3.63, 3.8) is 0 Å². The van der Waals surface area contributed by atoms with E-state index in [0.717, 1.165) is 77.0 Å². The summed E-state index contributed by atoms with van der Waals surface area (Å²) in [6.07, 6.45) is 59.8. The van der Waals surface area contributed by atoms with E-state index in [0.29, 0.717) is 23.9 Å². The van der Waals surface area contributed by atoms with Crippen LogP contribution < -0.4 is 0 Å². The minimum Gasteiger partial charge on any atom is -0.462 e. The molecule has 0 aliphatic carbocycles. The lowest BCUT2D eigenvalue weighted by Gasteiger charge is -2.24. The van der Waals surface area contributed by atoms with Gasteiger partial charge in [0, 0.05) is 12.8 Å².